The first-order chi connectivity index (χ1) is 7.59. The molecule has 0 bridgehead atoms. The maximum absolute atomic E-state index is 13.6. The van der Waals surface area contributed by atoms with E-state index in [-0.39, 0.29) is 5.82 Å². The van der Waals surface area contributed by atoms with Gasteiger partial charge in [0, 0.05) is 9.85 Å². The van der Waals surface area contributed by atoms with Gasteiger partial charge in [-0.1, -0.05) is 6.07 Å². The third kappa shape index (κ3) is 2.16. The average molecular weight is 302 g/mol. The SMILES string of the molecule is CC(O)c1csc(-c2c(F)cccc2Br)n1. The second kappa shape index (κ2) is 4.61. The van der Waals surface area contributed by atoms with Crippen molar-refractivity contribution >= 4 is 27.3 Å². The van der Waals surface area contributed by atoms with E-state index in [9.17, 15) is 9.50 Å². The van der Waals surface area contributed by atoms with Gasteiger partial charge in [-0.2, -0.15) is 0 Å². The molecule has 0 aliphatic heterocycles. The van der Waals surface area contributed by atoms with E-state index in [1.807, 2.05) is 0 Å². The first-order valence-electron chi connectivity index (χ1n) is 4.67. The van der Waals surface area contributed by atoms with Crippen LogP contribution < -0.4 is 0 Å². The fraction of sp³-hybridized carbons (Fsp3) is 0.182. The topological polar surface area (TPSA) is 33.1 Å². The minimum Gasteiger partial charge on any atom is -0.387 e. The predicted octanol–water partition coefficient (Wildman–Crippen LogP) is 3.77. The summed E-state index contributed by atoms with van der Waals surface area (Å²) in [4.78, 5) is 4.20. The first kappa shape index (κ1) is 11.7. The summed E-state index contributed by atoms with van der Waals surface area (Å²) in [6.07, 6.45) is -0.629. The number of hydrogen-bond acceptors (Lipinski definition) is 3. The number of aliphatic hydroxyl groups is 1. The Hall–Kier alpha value is -0.780. The summed E-state index contributed by atoms with van der Waals surface area (Å²) in [7, 11) is 0. The van der Waals surface area contributed by atoms with Crippen molar-refractivity contribution in [2.45, 2.75) is 13.0 Å². The van der Waals surface area contributed by atoms with Crippen LogP contribution in [-0.4, -0.2) is 10.1 Å². The second-order valence-corrected chi connectivity index (χ2v) is 5.06. The molecule has 1 atom stereocenters. The lowest BCUT2D eigenvalue weighted by Gasteiger charge is -2.02. The van der Waals surface area contributed by atoms with Gasteiger partial charge < -0.3 is 5.11 Å². The molecule has 0 amide bonds. The molecule has 1 N–H and O–H groups in total. The minimum atomic E-state index is -0.629. The fourth-order valence-corrected chi connectivity index (χ4v) is 2.92. The Morgan fingerprint density at radius 3 is 2.81 bits per heavy atom. The Kier molecular flexibility index (Phi) is 3.37. The number of aromatic nitrogens is 1. The van der Waals surface area contributed by atoms with E-state index in [0.717, 1.165) is 0 Å². The third-order valence-corrected chi connectivity index (χ3v) is 3.67. The Balaban J connectivity index is 2.50. The smallest absolute Gasteiger partial charge is 0.134 e. The second-order valence-electron chi connectivity index (χ2n) is 3.35. The van der Waals surface area contributed by atoms with Crippen LogP contribution in [0.15, 0.2) is 28.1 Å². The monoisotopic (exact) mass is 301 g/mol. The lowest BCUT2D eigenvalue weighted by atomic mass is 10.2. The highest BCUT2D eigenvalue weighted by Gasteiger charge is 2.14. The van der Waals surface area contributed by atoms with E-state index in [4.69, 9.17) is 0 Å². The van der Waals surface area contributed by atoms with Gasteiger partial charge in [0.05, 0.1) is 17.4 Å². The molecular formula is C11H9BrFNOS. The van der Waals surface area contributed by atoms with Crippen molar-refractivity contribution in [2.75, 3.05) is 0 Å². The molecule has 2 aromatic rings. The van der Waals surface area contributed by atoms with Crippen LogP contribution in [0.3, 0.4) is 0 Å². The molecule has 0 aliphatic rings. The van der Waals surface area contributed by atoms with Crippen LogP contribution in [-0.2, 0) is 0 Å². The first-order valence-corrected chi connectivity index (χ1v) is 6.34. The zero-order chi connectivity index (χ0) is 11.7. The van der Waals surface area contributed by atoms with Gasteiger partial charge in [0.25, 0.3) is 0 Å². The van der Waals surface area contributed by atoms with Crippen molar-refractivity contribution in [2.24, 2.45) is 0 Å². The molecule has 5 heteroatoms. The maximum atomic E-state index is 13.6. The fourth-order valence-electron chi connectivity index (χ4n) is 1.29. The van der Waals surface area contributed by atoms with Gasteiger partial charge in [0.15, 0.2) is 0 Å². The van der Waals surface area contributed by atoms with Crippen LogP contribution in [0.2, 0.25) is 0 Å². The van der Waals surface area contributed by atoms with Crippen LogP contribution in [0.1, 0.15) is 18.7 Å². The standard InChI is InChI=1S/C11H9BrFNOS/c1-6(15)9-5-16-11(14-9)10-7(12)3-2-4-8(10)13/h2-6,15H,1H3. The molecule has 1 aromatic heterocycles. The summed E-state index contributed by atoms with van der Waals surface area (Å²) in [6.45, 7) is 1.63. The molecule has 0 fully saturated rings. The number of hydrogen-bond donors (Lipinski definition) is 1. The maximum Gasteiger partial charge on any atom is 0.134 e. The molecule has 0 saturated heterocycles. The Morgan fingerprint density at radius 2 is 2.25 bits per heavy atom. The van der Waals surface area contributed by atoms with E-state index in [0.29, 0.717) is 20.7 Å². The molecule has 1 heterocycles. The average Bonchev–Trinajstić information content (AvgIpc) is 2.66. The highest BCUT2D eigenvalue weighted by atomic mass is 79.9. The molecule has 84 valence electrons. The molecule has 0 spiro atoms. The lowest BCUT2D eigenvalue weighted by Crippen LogP contribution is -1.91. The summed E-state index contributed by atoms with van der Waals surface area (Å²) < 4.78 is 14.3. The number of benzene rings is 1. The summed E-state index contributed by atoms with van der Waals surface area (Å²) >= 11 is 4.61. The quantitative estimate of drug-likeness (QED) is 0.916. The minimum absolute atomic E-state index is 0.319. The molecule has 2 nitrogen and oxygen atoms in total. The van der Waals surface area contributed by atoms with Gasteiger partial charge in [-0.3, -0.25) is 0 Å². The number of nitrogens with zero attached hydrogens (tertiary/aromatic N) is 1. The largest absolute Gasteiger partial charge is 0.387 e. The molecule has 2 rings (SSSR count). The van der Waals surface area contributed by atoms with Crippen LogP contribution in [0.4, 0.5) is 4.39 Å². The number of halogens is 2. The summed E-state index contributed by atoms with van der Waals surface area (Å²) in [5.74, 6) is -0.319. The van der Waals surface area contributed by atoms with Crippen molar-refractivity contribution in [3.8, 4) is 10.6 Å². The highest BCUT2D eigenvalue weighted by Crippen LogP contribution is 2.33. The van der Waals surface area contributed by atoms with Crippen LogP contribution in [0.25, 0.3) is 10.6 Å². The predicted molar refractivity (Wildman–Crippen MR) is 65.8 cm³/mol. The van der Waals surface area contributed by atoms with Crippen molar-refractivity contribution < 1.29 is 9.50 Å². The van der Waals surface area contributed by atoms with E-state index >= 15 is 0 Å². The Bertz CT molecular complexity index is 492. The van der Waals surface area contributed by atoms with E-state index in [1.165, 1.54) is 17.4 Å². The molecule has 1 aromatic carbocycles. The molecule has 1 unspecified atom stereocenters. The summed E-state index contributed by atoms with van der Waals surface area (Å²) in [5, 5.41) is 11.7. The molecule has 0 saturated carbocycles. The third-order valence-electron chi connectivity index (χ3n) is 2.13. The molecule has 0 radical (unpaired) electrons. The van der Waals surface area contributed by atoms with Crippen molar-refractivity contribution in [3.05, 3.63) is 39.6 Å². The van der Waals surface area contributed by atoms with Gasteiger partial charge in [0.1, 0.15) is 10.8 Å². The van der Waals surface area contributed by atoms with Crippen molar-refractivity contribution in [1.82, 2.24) is 4.98 Å². The van der Waals surface area contributed by atoms with Gasteiger partial charge in [0.2, 0.25) is 0 Å². The van der Waals surface area contributed by atoms with Gasteiger partial charge in [-0.15, -0.1) is 11.3 Å². The summed E-state index contributed by atoms with van der Waals surface area (Å²) in [6, 6.07) is 4.79. The number of aliphatic hydroxyl groups excluding tert-OH is 1. The van der Waals surface area contributed by atoms with Crippen LogP contribution >= 0.6 is 27.3 Å². The molecule has 16 heavy (non-hydrogen) atoms. The van der Waals surface area contributed by atoms with Crippen molar-refractivity contribution in [1.29, 1.82) is 0 Å². The van der Waals surface area contributed by atoms with Gasteiger partial charge in [-0.25, -0.2) is 9.37 Å². The number of rotatable bonds is 2. The van der Waals surface area contributed by atoms with E-state index in [1.54, 1.807) is 24.4 Å². The summed E-state index contributed by atoms with van der Waals surface area (Å²) in [5.41, 5.74) is 1.01. The Morgan fingerprint density at radius 1 is 1.50 bits per heavy atom. The van der Waals surface area contributed by atoms with Gasteiger partial charge in [-0.05, 0) is 35.0 Å². The normalized spacial score (nSPS) is 12.8. The number of thiazole rings is 1. The van der Waals surface area contributed by atoms with Crippen LogP contribution in [0, 0.1) is 5.82 Å². The highest BCUT2D eigenvalue weighted by molar-refractivity contribution is 9.10. The zero-order valence-electron chi connectivity index (χ0n) is 8.45. The van der Waals surface area contributed by atoms with Crippen LogP contribution in [0.5, 0.6) is 0 Å². The van der Waals surface area contributed by atoms with E-state index in [2.05, 4.69) is 20.9 Å². The lowest BCUT2D eigenvalue weighted by molar-refractivity contribution is 0.195. The molecular weight excluding hydrogens is 293 g/mol. The van der Waals surface area contributed by atoms with Crippen molar-refractivity contribution in [3.63, 3.8) is 0 Å². The Labute approximate surface area is 105 Å². The van der Waals surface area contributed by atoms with Gasteiger partial charge >= 0.3 is 0 Å². The van der Waals surface area contributed by atoms with E-state index < -0.39 is 6.10 Å². The molecule has 0 aliphatic carbocycles. The zero-order valence-corrected chi connectivity index (χ0v) is 10.8.